The topological polar surface area (TPSA) is 58.6 Å². The fourth-order valence-corrected chi connectivity index (χ4v) is 2.77. The molecular weight excluding hydrogens is 371 g/mol. The van der Waals surface area contributed by atoms with E-state index in [1.807, 2.05) is 39.0 Å². The molecule has 0 aliphatic heterocycles. The summed E-state index contributed by atoms with van der Waals surface area (Å²) in [6.07, 6.45) is 0.792. The lowest BCUT2D eigenvalue weighted by atomic mass is 10.1. The van der Waals surface area contributed by atoms with Gasteiger partial charge < -0.3 is 15.0 Å². The third kappa shape index (κ3) is 6.89. The Kier molecular flexibility index (Phi) is 8.19. The number of hydrogen-bond donors (Lipinski definition) is 1. The number of halogens is 1. The number of benzene rings is 2. The molecule has 0 saturated carbocycles. The fraction of sp³-hybridized carbons (Fsp3) is 0.391. The van der Waals surface area contributed by atoms with Crippen molar-refractivity contribution in [2.75, 3.05) is 6.61 Å². The van der Waals surface area contributed by atoms with Gasteiger partial charge in [0.25, 0.3) is 5.91 Å². The first-order valence-corrected chi connectivity index (χ1v) is 9.84. The second kappa shape index (κ2) is 10.6. The number of aryl methyl sites for hydroxylation is 1. The van der Waals surface area contributed by atoms with E-state index < -0.39 is 6.04 Å². The molecule has 0 spiro atoms. The zero-order chi connectivity index (χ0) is 21.4. The van der Waals surface area contributed by atoms with Gasteiger partial charge >= 0.3 is 0 Å². The lowest BCUT2D eigenvalue weighted by Gasteiger charge is -2.29. The van der Waals surface area contributed by atoms with Crippen LogP contribution < -0.4 is 10.1 Å². The molecule has 0 aromatic heterocycles. The lowest BCUT2D eigenvalue weighted by Crippen LogP contribution is -2.50. The molecule has 5 nitrogen and oxygen atoms in total. The minimum Gasteiger partial charge on any atom is -0.484 e. The summed E-state index contributed by atoms with van der Waals surface area (Å²) in [5.74, 6) is -0.304. The molecule has 2 amide bonds. The van der Waals surface area contributed by atoms with Gasteiger partial charge in [0.05, 0.1) is 0 Å². The highest BCUT2D eigenvalue weighted by Crippen LogP contribution is 2.15. The molecule has 0 bridgehead atoms. The molecule has 6 heteroatoms. The Morgan fingerprint density at radius 2 is 1.83 bits per heavy atom. The van der Waals surface area contributed by atoms with Crippen LogP contribution in [0.25, 0.3) is 0 Å². The smallest absolute Gasteiger partial charge is 0.261 e. The first-order valence-electron chi connectivity index (χ1n) is 9.84. The van der Waals surface area contributed by atoms with Gasteiger partial charge in [-0.25, -0.2) is 4.39 Å². The molecule has 1 N–H and O–H groups in total. The Balaban J connectivity index is 2.14. The number of rotatable bonds is 9. The van der Waals surface area contributed by atoms with Crippen LogP contribution in [0, 0.1) is 12.7 Å². The van der Waals surface area contributed by atoms with Gasteiger partial charge in [0, 0.05) is 12.6 Å². The second-order valence-electron chi connectivity index (χ2n) is 7.25. The Morgan fingerprint density at radius 3 is 2.45 bits per heavy atom. The summed E-state index contributed by atoms with van der Waals surface area (Å²) >= 11 is 0. The van der Waals surface area contributed by atoms with E-state index in [1.165, 1.54) is 17.0 Å². The SMILES string of the molecule is CC[C@H](C)NC(=O)[C@H](C)N(Cc1ccc(F)cc1)C(=O)COc1cccc(C)c1. The zero-order valence-corrected chi connectivity index (χ0v) is 17.4. The van der Waals surface area contributed by atoms with Crippen LogP contribution in [0.1, 0.15) is 38.3 Å². The molecule has 0 radical (unpaired) electrons. The number of nitrogens with zero attached hydrogens (tertiary/aromatic N) is 1. The molecule has 156 valence electrons. The van der Waals surface area contributed by atoms with Crippen LogP contribution in [0.5, 0.6) is 5.75 Å². The third-order valence-electron chi connectivity index (χ3n) is 4.79. The summed E-state index contributed by atoms with van der Waals surface area (Å²) in [7, 11) is 0. The first-order chi connectivity index (χ1) is 13.8. The summed E-state index contributed by atoms with van der Waals surface area (Å²) < 4.78 is 18.9. The van der Waals surface area contributed by atoms with Crippen molar-refractivity contribution in [1.29, 1.82) is 0 Å². The van der Waals surface area contributed by atoms with E-state index >= 15 is 0 Å². The highest BCUT2D eigenvalue weighted by atomic mass is 19.1. The minimum atomic E-state index is -0.692. The molecule has 2 atom stereocenters. The minimum absolute atomic E-state index is 0.0104. The highest BCUT2D eigenvalue weighted by molar-refractivity contribution is 5.88. The van der Waals surface area contributed by atoms with E-state index in [0.717, 1.165) is 17.5 Å². The third-order valence-corrected chi connectivity index (χ3v) is 4.79. The van der Waals surface area contributed by atoms with Crippen molar-refractivity contribution in [2.45, 2.75) is 52.7 Å². The number of hydrogen-bond acceptors (Lipinski definition) is 3. The predicted octanol–water partition coefficient (Wildman–Crippen LogP) is 3.84. The van der Waals surface area contributed by atoms with Crippen LogP contribution in [-0.4, -0.2) is 35.4 Å². The number of ether oxygens (including phenoxy) is 1. The van der Waals surface area contributed by atoms with Crippen molar-refractivity contribution in [3.05, 3.63) is 65.5 Å². The largest absolute Gasteiger partial charge is 0.484 e. The summed E-state index contributed by atoms with van der Waals surface area (Å²) in [6.45, 7) is 7.52. The van der Waals surface area contributed by atoms with Crippen LogP contribution in [0.4, 0.5) is 4.39 Å². The number of nitrogens with one attached hydrogen (secondary N) is 1. The van der Waals surface area contributed by atoms with Gasteiger partial charge in [-0.05, 0) is 62.6 Å². The van der Waals surface area contributed by atoms with E-state index in [1.54, 1.807) is 25.1 Å². The predicted molar refractivity (Wildman–Crippen MR) is 111 cm³/mol. The maximum absolute atomic E-state index is 13.2. The molecule has 0 aliphatic carbocycles. The van der Waals surface area contributed by atoms with Crippen molar-refractivity contribution in [3.63, 3.8) is 0 Å². The summed E-state index contributed by atoms with van der Waals surface area (Å²) in [5, 5.41) is 2.91. The number of amides is 2. The van der Waals surface area contributed by atoms with Gasteiger partial charge in [-0.15, -0.1) is 0 Å². The van der Waals surface area contributed by atoms with Crippen LogP contribution in [-0.2, 0) is 16.1 Å². The maximum Gasteiger partial charge on any atom is 0.261 e. The van der Waals surface area contributed by atoms with Gasteiger partial charge in [0.2, 0.25) is 5.91 Å². The molecule has 0 aliphatic rings. The van der Waals surface area contributed by atoms with E-state index in [9.17, 15) is 14.0 Å². The van der Waals surface area contributed by atoms with Gasteiger partial charge in [-0.1, -0.05) is 31.2 Å². The molecule has 0 fully saturated rings. The van der Waals surface area contributed by atoms with Gasteiger partial charge in [-0.3, -0.25) is 9.59 Å². The fourth-order valence-electron chi connectivity index (χ4n) is 2.77. The zero-order valence-electron chi connectivity index (χ0n) is 17.4. The Labute approximate surface area is 171 Å². The average Bonchev–Trinajstić information content (AvgIpc) is 2.71. The van der Waals surface area contributed by atoms with Crippen LogP contribution in [0.15, 0.2) is 48.5 Å². The highest BCUT2D eigenvalue weighted by Gasteiger charge is 2.27. The molecule has 29 heavy (non-hydrogen) atoms. The van der Waals surface area contributed by atoms with E-state index in [-0.39, 0.29) is 36.8 Å². The monoisotopic (exact) mass is 400 g/mol. The number of carbonyl (C=O) groups excluding carboxylic acids is 2. The normalized spacial score (nSPS) is 12.7. The second-order valence-corrected chi connectivity index (χ2v) is 7.25. The van der Waals surface area contributed by atoms with E-state index in [4.69, 9.17) is 4.74 Å². The Bertz CT molecular complexity index is 823. The van der Waals surface area contributed by atoms with Gasteiger partial charge in [-0.2, -0.15) is 0 Å². The molecule has 0 unspecified atom stereocenters. The van der Waals surface area contributed by atoms with E-state index in [2.05, 4.69) is 5.32 Å². The number of carbonyl (C=O) groups is 2. The standard InChI is InChI=1S/C23H29FN2O3/c1-5-17(3)25-23(28)18(4)26(14-19-9-11-20(24)12-10-19)22(27)15-29-21-8-6-7-16(2)13-21/h6-13,17-18H,5,14-15H2,1-4H3,(H,25,28)/t17-,18-/m0/s1. The van der Waals surface area contributed by atoms with Crippen LogP contribution >= 0.6 is 0 Å². The summed E-state index contributed by atoms with van der Waals surface area (Å²) in [5.41, 5.74) is 1.76. The van der Waals surface area contributed by atoms with Crippen molar-refractivity contribution >= 4 is 11.8 Å². The quantitative estimate of drug-likeness (QED) is 0.696. The average molecular weight is 400 g/mol. The van der Waals surface area contributed by atoms with Crippen molar-refractivity contribution in [3.8, 4) is 5.75 Å². The summed E-state index contributed by atoms with van der Waals surface area (Å²) in [6, 6.07) is 12.6. The molecular formula is C23H29FN2O3. The maximum atomic E-state index is 13.2. The van der Waals surface area contributed by atoms with Crippen LogP contribution in [0.2, 0.25) is 0 Å². The van der Waals surface area contributed by atoms with Crippen LogP contribution in [0.3, 0.4) is 0 Å². The molecule has 2 rings (SSSR count). The molecule has 0 saturated heterocycles. The Hall–Kier alpha value is -2.89. The van der Waals surface area contributed by atoms with E-state index in [0.29, 0.717) is 5.75 Å². The lowest BCUT2D eigenvalue weighted by molar-refractivity contribution is -0.142. The molecule has 2 aromatic rings. The molecule has 0 heterocycles. The first kappa shape index (κ1) is 22.4. The van der Waals surface area contributed by atoms with Gasteiger partial charge in [0.15, 0.2) is 6.61 Å². The van der Waals surface area contributed by atoms with Crippen molar-refractivity contribution < 1.29 is 18.7 Å². The molecule has 2 aromatic carbocycles. The van der Waals surface area contributed by atoms with Crippen molar-refractivity contribution in [1.82, 2.24) is 10.2 Å². The summed E-state index contributed by atoms with van der Waals surface area (Å²) in [4.78, 5) is 27.0. The van der Waals surface area contributed by atoms with Crippen molar-refractivity contribution in [2.24, 2.45) is 0 Å². The Morgan fingerprint density at radius 1 is 1.14 bits per heavy atom. The van der Waals surface area contributed by atoms with Gasteiger partial charge in [0.1, 0.15) is 17.6 Å².